The molecule has 0 unspecified atom stereocenters. The molecule has 1 aliphatic rings. The second-order valence-corrected chi connectivity index (χ2v) is 3.36. The van der Waals surface area contributed by atoms with Gasteiger partial charge in [-0.05, 0) is 6.42 Å². The van der Waals surface area contributed by atoms with Gasteiger partial charge in [-0.3, -0.25) is 4.99 Å². The van der Waals surface area contributed by atoms with Crippen molar-refractivity contribution in [3.8, 4) is 0 Å². The fraction of sp³-hybridized carbons (Fsp3) is 0.875. The van der Waals surface area contributed by atoms with Crippen LogP contribution in [0.15, 0.2) is 4.99 Å². The number of rotatable bonds is 4. The molecule has 0 saturated heterocycles. The quantitative estimate of drug-likeness (QED) is 0.507. The first-order valence-electron chi connectivity index (χ1n) is 4.34. The van der Waals surface area contributed by atoms with E-state index in [1.807, 2.05) is 4.31 Å². The van der Waals surface area contributed by atoms with Crippen LogP contribution in [0.25, 0.3) is 0 Å². The lowest BCUT2D eigenvalue weighted by Gasteiger charge is -2.10. The Morgan fingerprint density at radius 3 is 2.91 bits per heavy atom. The number of nitrogens with zero attached hydrogens (tertiary/aromatic N) is 2. The van der Waals surface area contributed by atoms with Gasteiger partial charge in [0, 0.05) is 6.42 Å². The van der Waals surface area contributed by atoms with Crippen LogP contribution in [0, 0.1) is 0 Å². The molecule has 1 aliphatic heterocycles. The second-order valence-electron chi connectivity index (χ2n) is 2.88. The highest BCUT2D eigenvalue weighted by Crippen LogP contribution is 2.10. The van der Waals surface area contributed by atoms with E-state index in [9.17, 15) is 0 Å². The number of thiol groups is 1. The number of hydrogen-bond acceptors (Lipinski definition) is 3. The van der Waals surface area contributed by atoms with E-state index in [2.05, 4.69) is 24.7 Å². The van der Waals surface area contributed by atoms with Gasteiger partial charge in [-0.1, -0.05) is 32.6 Å². The molecule has 11 heavy (non-hydrogen) atoms. The molecule has 1 rings (SSSR count). The molecule has 1 heterocycles. The summed E-state index contributed by atoms with van der Waals surface area (Å²) in [7, 11) is 0. The van der Waals surface area contributed by atoms with Crippen LogP contribution in [-0.2, 0) is 0 Å². The predicted octanol–water partition coefficient (Wildman–Crippen LogP) is 2.13. The average molecular weight is 172 g/mol. The highest BCUT2D eigenvalue weighted by Gasteiger charge is 2.11. The maximum atomic E-state index is 4.35. The summed E-state index contributed by atoms with van der Waals surface area (Å²) >= 11 is 4.29. The maximum Gasteiger partial charge on any atom is 0.109 e. The minimum absolute atomic E-state index is 0.935. The first kappa shape index (κ1) is 8.91. The summed E-state index contributed by atoms with van der Waals surface area (Å²) in [4.78, 5) is 4.35. The van der Waals surface area contributed by atoms with Crippen LogP contribution >= 0.6 is 12.8 Å². The van der Waals surface area contributed by atoms with Gasteiger partial charge in [0.05, 0.1) is 13.1 Å². The summed E-state index contributed by atoms with van der Waals surface area (Å²) in [5, 5.41) is 0. The Bertz CT molecular complexity index is 145. The smallest absolute Gasteiger partial charge is 0.109 e. The zero-order chi connectivity index (χ0) is 8.10. The topological polar surface area (TPSA) is 15.6 Å². The summed E-state index contributed by atoms with van der Waals surface area (Å²) in [6, 6.07) is 0. The third kappa shape index (κ3) is 2.73. The molecule has 0 atom stereocenters. The van der Waals surface area contributed by atoms with Crippen molar-refractivity contribution in [1.82, 2.24) is 4.31 Å². The Balaban J connectivity index is 2.15. The Morgan fingerprint density at radius 1 is 1.55 bits per heavy atom. The Labute approximate surface area is 74.2 Å². The van der Waals surface area contributed by atoms with E-state index in [0.29, 0.717) is 0 Å². The Morgan fingerprint density at radius 2 is 2.36 bits per heavy atom. The van der Waals surface area contributed by atoms with E-state index in [1.165, 1.54) is 25.1 Å². The van der Waals surface area contributed by atoms with Gasteiger partial charge in [-0.25, -0.2) is 0 Å². The van der Waals surface area contributed by atoms with E-state index in [1.54, 1.807) is 0 Å². The molecule has 0 bridgehead atoms. The third-order valence-corrected chi connectivity index (χ3v) is 2.34. The average Bonchev–Trinajstić information content (AvgIpc) is 2.37. The van der Waals surface area contributed by atoms with Crippen LogP contribution in [0.5, 0.6) is 0 Å². The zero-order valence-electron chi connectivity index (χ0n) is 7.08. The molecule has 64 valence electrons. The van der Waals surface area contributed by atoms with E-state index < -0.39 is 0 Å². The van der Waals surface area contributed by atoms with Gasteiger partial charge in [0.2, 0.25) is 0 Å². The molecule has 0 amide bonds. The largest absolute Gasteiger partial charge is 0.305 e. The standard InChI is InChI=1S/C8H16N2S/c1-2-3-4-5-8-9-6-7-10(8)11/h11H,2-7H2,1H3. The summed E-state index contributed by atoms with van der Waals surface area (Å²) in [5.74, 6) is 1.18. The van der Waals surface area contributed by atoms with Gasteiger partial charge in [0.1, 0.15) is 5.84 Å². The molecule has 0 aliphatic carbocycles. The zero-order valence-corrected chi connectivity index (χ0v) is 7.98. The fourth-order valence-corrected chi connectivity index (χ4v) is 1.48. The first-order valence-corrected chi connectivity index (χ1v) is 4.74. The normalized spacial score (nSPS) is 17.3. The van der Waals surface area contributed by atoms with Crippen LogP contribution in [0.2, 0.25) is 0 Å². The summed E-state index contributed by atoms with van der Waals surface area (Å²) in [6.07, 6.45) is 4.95. The van der Waals surface area contributed by atoms with Crippen molar-refractivity contribution in [2.45, 2.75) is 32.6 Å². The van der Waals surface area contributed by atoms with E-state index in [-0.39, 0.29) is 0 Å². The van der Waals surface area contributed by atoms with Gasteiger partial charge >= 0.3 is 0 Å². The minimum atomic E-state index is 0.935. The molecule has 2 nitrogen and oxygen atoms in total. The number of amidine groups is 1. The molecule has 0 N–H and O–H groups in total. The van der Waals surface area contributed by atoms with E-state index in [4.69, 9.17) is 0 Å². The summed E-state index contributed by atoms with van der Waals surface area (Å²) in [6.45, 7) is 4.14. The molecule has 0 aromatic rings. The molecule has 0 spiro atoms. The molecule has 0 fully saturated rings. The van der Waals surface area contributed by atoms with Crippen LogP contribution in [0.4, 0.5) is 0 Å². The second kappa shape index (κ2) is 4.65. The van der Waals surface area contributed by atoms with E-state index in [0.717, 1.165) is 19.5 Å². The number of aliphatic imine (C=N–C) groups is 1. The molecule has 0 aromatic carbocycles. The van der Waals surface area contributed by atoms with Crippen molar-refractivity contribution in [1.29, 1.82) is 0 Å². The highest BCUT2D eigenvalue weighted by molar-refractivity contribution is 7.78. The van der Waals surface area contributed by atoms with E-state index >= 15 is 0 Å². The summed E-state index contributed by atoms with van der Waals surface area (Å²) in [5.41, 5.74) is 0. The SMILES string of the molecule is CCCCCC1=NCCN1S. The van der Waals surface area contributed by atoms with Gasteiger partial charge in [-0.2, -0.15) is 0 Å². The molecule has 0 radical (unpaired) electrons. The maximum absolute atomic E-state index is 4.35. The van der Waals surface area contributed by atoms with Crippen molar-refractivity contribution in [2.24, 2.45) is 4.99 Å². The molecular weight excluding hydrogens is 156 g/mol. The van der Waals surface area contributed by atoms with Crippen LogP contribution in [0.1, 0.15) is 32.6 Å². The fourth-order valence-electron chi connectivity index (χ4n) is 1.23. The molecule has 0 aromatic heterocycles. The molecular formula is C8H16N2S. The van der Waals surface area contributed by atoms with Crippen LogP contribution in [-0.4, -0.2) is 23.2 Å². The lowest BCUT2D eigenvalue weighted by Crippen LogP contribution is -2.16. The summed E-state index contributed by atoms with van der Waals surface area (Å²) < 4.78 is 1.97. The van der Waals surface area contributed by atoms with Crippen molar-refractivity contribution in [3.63, 3.8) is 0 Å². The van der Waals surface area contributed by atoms with Crippen LogP contribution in [0.3, 0.4) is 0 Å². The Kier molecular flexibility index (Phi) is 3.77. The molecule has 3 heteroatoms. The monoisotopic (exact) mass is 172 g/mol. The number of unbranched alkanes of at least 4 members (excludes halogenated alkanes) is 2. The van der Waals surface area contributed by atoms with Gasteiger partial charge < -0.3 is 4.31 Å². The van der Waals surface area contributed by atoms with Crippen molar-refractivity contribution >= 4 is 18.7 Å². The minimum Gasteiger partial charge on any atom is -0.305 e. The lowest BCUT2D eigenvalue weighted by molar-refractivity contribution is 0.690. The molecule has 0 saturated carbocycles. The van der Waals surface area contributed by atoms with Gasteiger partial charge in [0.15, 0.2) is 0 Å². The number of hydrogen-bond donors (Lipinski definition) is 1. The van der Waals surface area contributed by atoms with Crippen molar-refractivity contribution in [3.05, 3.63) is 0 Å². The van der Waals surface area contributed by atoms with Gasteiger partial charge in [-0.15, -0.1) is 0 Å². The predicted molar refractivity (Wildman–Crippen MR) is 52.1 cm³/mol. The highest BCUT2D eigenvalue weighted by atomic mass is 32.1. The van der Waals surface area contributed by atoms with Crippen molar-refractivity contribution in [2.75, 3.05) is 13.1 Å². The third-order valence-electron chi connectivity index (χ3n) is 1.91. The van der Waals surface area contributed by atoms with Gasteiger partial charge in [0.25, 0.3) is 0 Å². The van der Waals surface area contributed by atoms with Crippen molar-refractivity contribution < 1.29 is 0 Å². The lowest BCUT2D eigenvalue weighted by atomic mass is 10.2. The van der Waals surface area contributed by atoms with Crippen LogP contribution < -0.4 is 0 Å². The first-order chi connectivity index (χ1) is 5.34. The Hall–Kier alpha value is -0.180.